The van der Waals surface area contributed by atoms with Crippen molar-refractivity contribution in [1.29, 1.82) is 0 Å². The van der Waals surface area contributed by atoms with Crippen LogP contribution < -0.4 is 4.90 Å². The quantitative estimate of drug-likeness (QED) is 0.557. The molecule has 27 heavy (non-hydrogen) atoms. The molecule has 0 amide bonds. The molecule has 3 aromatic heterocycles. The number of hydrogen-bond acceptors (Lipinski definition) is 6. The van der Waals surface area contributed by atoms with E-state index < -0.39 is 0 Å². The molecular formula is C20H21N5O2. The highest BCUT2D eigenvalue weighted by Gasteiger charge is 2.26. The highest BCUT2D eigenvalue weighted by atomic mass is 16.5. The Labute approximate surface area is 156 Å². The van der Waals surface area contributed by atoms with Gasteiger partial charge in [-0.2, -0.15) is 5.10 Å². The molecule has 0 radical (unpaired) electrons. The van der Waals surface area contributed by atoms with Crippen molar-refractivity contribution in [2.45, 2.75) is 26.5 Å². The van der Waals surface area contributed by atoms with E-state index in [9.17, 15) is 0 Å². The van der Waals surface area contributed by atoms with E-state index in [1.165, 1.54) is 0 Å². The van der Waals surface area contributed by atoms with E-state index in [-0.39, 0.29) is 6.10 Å². The van der Waals surface area contributed by atoms with Crippen molar-refractivity contribution in [2.24, 2.45) is 0 Å². The summed E-state index contributed by atoms with van der Waals surface area (Å²) in [7, 11) is 0. The molecule has 1 aliphatic rings. The van der Waals surface area contributed by atoms with Crippen molar-refractivity contribution in [3.8, 4) is 0 Å². The average Bonchev–Trinajstić information content (AvgIpc) is 3.21. The molecule has 4 heterocycles. The molecule has 0 saturated carbocycles. The average molecular weight is 363 g/mol. The molecule has 0 aliphatic carbocycles. The van der Waals surface area contributed by atoms with Crippen LogP contribution in [0.5, 0.6) is 0 Å². The third kappa shape index (κ3) is 2.84. The van der Waals surface area contributed by atoms with E-state index in [0.717, 1.165) is 58.9 Å². The second kappa shape index (κ2) is 6.35. The van der Waals surface area contributed by atoms with E-state index in [2.05, 4.69) is 33.0 Å². The SMILES string of the molecule is Cc1cc(C)n(CC2CN(c3ncnc4c3oc3ccccc34)CCO2)n1. The first kappa shape index (κ1) is 16.3. The first-order valence-electron chi connectivity index (χ1n) is 9.19. The standard InChI is InChI=1S/C20H21N5O2/c1-13-9-14(2)25(23-13)11-15-10-24(7-8-26-15)20-19-18(21-12-22-20)16-5-3-4-6-17(16)27-19/h3-6,9,12,15H,7-8,10-11H2,1-2H3. The molecule has 0 spiro atoms. The number of morpholine rings is 1. The molecule has 1 saturated heterocycles. The third-order valence-electron chi connectivity index (χ3n) is 5.06. The van der Waals surface area contributed by atoms with Gasteiger partial charge >= 0.3 is 0 Å². The Morgan fingerprint density at radius 2 is 2.07 bits per heavy atom. The van der Waals surface area contributed by atoms with Gasteiger partial charge in [-0.15, -0.1) is 0 Å². The minimum atomic E-state index is 0.0474. The highest BCUT2D eigenvalue weighted by molar-refractivity contribution is 6.05. The minimum Gasteiger partial charge on any atom is -0.450 e. The second-order valence-corrected chi connectivity index (χ2v) is 7.02. The van der Waals surface area contributed by atoms with Crippen LogP contribution in [-0.2, 0) is 11.3 Å². The summed E-state index contributed by atoms with van der Waals surface area (Å²) in [4.78, 5) is 11.2. The summed E-state index contributed by atoms with van der Waals surface area (Å²) >= 11 is 0. The van der Waals surface area contributed by atoms with Crippen LogP contribution in [0, 0.1) is 13.8 Å². The van der Waals surface area contributed by atoms with E-state index in [1.54, 1.807) is 6.33 Å². The monoisotopic (exact) mass is 363 g/mol. The molecule has 7 heteroatoms. The Balaban J connectivity index is 1.46. The van der Waals surface area contributed by atoms with Crippen molar-refractivity contribution in [1.82, 2.24) is 19.7 Å². The van der Waals surface area contributed by atoms with Crippen LogP contribution in [-0.4, -0.2) is 45.5 Å². The molecule has 1 aromatic carbocycles. The Morgan fingerprint density at radius 3 is 2.93 bits per heavy atom. The normalized spacial score (nSPS) is 17.9. The van der Waals surface area contributed by atoms with Gasteiger partial charge in [0.1, 0.15) is 17.4 Å². The van der Waals surface area contributed by atoms with Crippen LogP contribution in [0.4, 0.5) is 5.82 Å². The van der Waals surface area contributed by atoms with Gasteiger partial charge in [-0.05, 0) is 32.0 Å². The molecule has 1 aliphatic heterocycles. The smallest absolute Gasteiger partial charge is 0.196 e. The molecule has 1 fully saturated rings. The zero-order valence-corrected chi connectivity index (χ0v) is 15.4. The molecule has 7 nitrogen and oxygen atoms in total. The molecule has 0 bridgehead atoms. The van der Waals surface area contributed by atoms with Gasteiger partial charge in [0.2, 0.25) is 0 Å². The Bertz CT molecular complexity index is 1120. The van der Waals surface area contributed by atoms with Crippen molar-refractivity contribution in [2.75, 3.05) is 24.6 Å². The van der Waals surface area contributed by atoms with Gasteiger partial charge in [-0.3, -0.25) is 4.68 Å². The minimum absolute atomic E-state index is 0.0474. The van der Waals surface area contributed by atoms with Gasteiger partial charge in [0.15, 0.2) is 11.4 Å². The summed E-state index contributed by atoms with van der Waals surface area (Å²) in [5.74, 6) is 0.831. The van der Waals surface area contributed by atoms with Crippen LogP contribution >= 0.6 is 0 Å². The first-order valence-corrected chi connectivity index (χ1v) is 9.19. The lowest BCUT2D eigenvalue weighted by atomic mass is 10.2. The van der Waals surface area contributed by atoms with E-state index in [1.807, 2.05) is 35.9 Å². The zero-order valence-electron chi connectivity index (χ0n) is 15.4. The number of aromatic nitrogens is 4. The lowest BCUT2D eigenvalue weighted by Gasteiger charge is -2.33. The summed E-state index contributed by atoms with van der Waals surface area (Å²) < 4.78 is 14.1. The molecular weight excluding hydrogens is 342 g/mol. The lowest BCUT2D eigenvalue weighted by Crippen LogP contribution is -2.45. The van der Waals surface area contributed by atoms with Gasteiger partial charge in [0.05, 0.1) is 24.9 Å². The van der Waals surface area contributed by atoms with Crippen molar-refractivity contribution in [3.63, 3.8) is 0 Å². The second-order valence-electron chi connectivity index (χ2n) is 7.02. The number of ether oxygens (including phenoxy) is 1. The van der Waals surface area contributed by atoms with Crippen LogP contribution in [0.3, 0.4) is 0 Å². The van der Waals surface area contributed by atoms with Crippen molar-refractivity contribution >= 4 is 27.9 Å². The van der Waals surface area contributed by atoms with Gasteiger partial charge in [0, 0.05) is 24.2 Å². The van der Waals surface area contributed by atoms with Crippen molar-refractivity contribution < 1.29 is 9.15 Å². The topological polar surface area (TPSA) is 69.2 Å². The van der Waals surface area contributed by atoms with E-state index in [4.69, 9.17) is 9.15 Å². The van der Waals surface area contributed by atoms with Gasteiger partial charge < -0.3 is 14.1 Å². The fourth-order valence-corrected chi connectivity index (χ4v) is 3.81. The molecule has 1 atom stereocenters. The Hall–Kier alpha value is -2.93. The number of benzene rings is 1. The maximum Gasteiger partial charge on any atom is 0.196 e. The number of hydrogen-bond donors (Lipinski definition) is 0. The fourth-order valence-electron chi connectivity index (χ4n) is 3.81. The number of fused-ring (bicyclic) bond motifs is 3. The highest BCUT2D eigenvalue weighted by Crippen LogP contribution is 2.32. The zero-order chi connectivity index (χ0) is 18.4. The largest absolute Gasteiger partial charge is 0.450 e. The lowest BCUT2D eigenvalue weighted by molar-refractivity contribution is 0.0268. The number of nitrogens with zero attached hydrogens (tertiary/aromatic N) is 5. The predicted octanol–water partition coefficient (Wildman–Crippen LogP) is 3.09. The van der Waals surface area contributed by atoms with Crippen molar-refractivity contribution in [3.05, 3.63) is 48.0 Å². The summed E-state index contributed by atoms with van der Waals surface area (Å²) in [6, 6.07) is 10.0. The van der Waals surface area contributed by atoms with E-state index >= 15 is 0 Å². The number of aryl methyl sites for hydroxylation is 2. The Morgan fingerprint density at radius 1 is 1.19 bits per heavy atom. The van der Waals surface area contributed by atoms with Crippen LogP contribution in [0.1, 0.15) is 11.4 Å². The number of anilines is 1. The van der Waals surface area contributed by atoms with Crippen LogP contribution in [0.15, 0.2) is 41.1 Å². The summed E-state index contributed by atoms with van der Waals surface area (Å²) in [5.41, 5.74) is 4.61. The fraction of sp³-hybridized carbons (Fsp3) is 0.350. The summed E-state index contributed by atoms with van der Waals surface area (Å²) in [6.07, 6.45) is 1.66. The molecule has 5 rings (SSSR count). The molecule has 138 valence electrons. The summed E-state index contributed by atoms with van der Waals surface area (Å²) in [5, 5.41) is 5.57. The number of rotatable bonds is 3. The predicted molar refractivity (Wildman–Crippen MR) is 103 cm³/mol. The maximum absolute atomic E-state index is 6.09. The Kier molecular flexibility index (Phi) is 3.82. The van der Waals surface area contributed by atoms with Crippen LogP contribution in [0.25, 0.3) is 22.1 Å². The van der Waals surface area contributed by atoms with Crippen LogP contribution in [0.2, 0.25) is 0 Å². The van der Waals surface area contributed by atoms with E-state index in [0.29, 0.717) is 6.61 Å². The van der Waals surface area contributed by atoms with Gasteiger partial charge in [0.25, 0.3) is 0 Å². The molecule has 0 N–H and O–H groups in total. The maximum atomic E-state index is 6.09. The van der Waals surface area contributed by atoms with Gasteiger partial charge in [-0.25, -0.2) is 9.97 Å². The number of para-hydroxylation sites is 1. The third-order valence-corrected chi connectivity index (χ3v) is 5.06. The summed E-state index contributed by atoms with van der Waals surface area (Å²) in [6.45, 7) is 6.97. The molecule has 4 aromatic rings. The first-order chi connectivity index (χ1) is 13.2. The molecule has 1 unspecified atom stereocenters. The number of furan rings is 1. The van der Waals surface area contributed by atoms with Gasteiger partial charge in [-0.1, -0.05) is 12.1 Å².